The first-order chi connectivity index (χ1) is 63.7. The van der Waals surface area contributed by atoms with Gasteiger partial charge >= 0.3 is 0 Å². The van der Waals surface area contributed by atoms with Gasteiger partial charge in [0.05, 0.1) is 84.3 Å². The first-order valence-corrected chi connectivity index (χ1v) is 43.3. The monoisotopic (exact) mass is 1980 g/mol. The summed E-state index contributed by atoms with van der Waals surface area (Å²) in [7, 11) is 0. The molecule has 0 aromatic carbocycles. The lowest BCUT2D eigenvalue weighted by Gasteiger charge is -2.50. The molecule has 10 aliphatic rings. The first-order valence-electron chi connectivity index (χ1n) is 43.3. The van der Waals surface area contributed by atoms with Crippen LogP contribution in [-0.4, -0.2) is 575 Å². The molecule has 0 unspecified atom stereocenters. The fourth-order valence-corrected chi connectivity index (χ4v) is 17.2. The van der Waals surface area contributed by atoms with Crippen molar-refractivity contribution in [2.24, 2.45) is 0 Å². The van der Waals surface area contributed by atoms with E-state index in [0.29, 0.717) is 0 Å². The first kappa shape index (κ1) is 112. The highest BCUT2D eigenvalue weighted by molar-refractivity contribution is 5.75. The number of aliphatic hydroxyl groups is 29. The largest absolute Gasteiger partial charge is 0.394 e. The summed E-state index contributed by atoms with van der Waals surface area (Å²) in [6, 6.07) is -9.64. The van der Waals surface area contributed by atoms with Gasteiger partial charge in [0.15, 0.2) is 62.9 Å². The van der Waals surface area contributed by atoms with Crippen LogP contribution in [0, 0.1) is 0 Å². The molecule has 0 spiro atoms. The Kier molecular flexibility index (Phi) is 41.3. The van der Waals surface area contributed by atoms with Crippen LogP contribution in [0.1, 0.15) is 48.5 Å². The summed E-state index contributed by atoms with van der Waals surface area (Å²) in [5.41, 5.74) is 0. The third-order valence-corrected chi connectivity index (χ3v) is 24.5. The minimum Gasteiger partial charge on any atom is -0.394 e. The Balaban J connectivity index is 0.944. The Labute approximate surface area is 766 Å². The van der Waals surface area contributed by atoms with Crippen LogP contribution in [0.4, 0.5) is 0 Å². The van der Waals surface area contributed by atoms with Crippen molar-refractivity contribution in [3.05, 3.63) is 0 Å². The van der Waals surface area contributed by atoms with Crippen molar-refractivity contribution in [3.8, 4) is 0 Å². The van der Waals surface area contributed by atoms with Crippen LogP contribution in [0.25, 0.3) is 0 Å². The topological polar surface area (TPSA) is 917 Å². The Hall–Kier alpha value is -4.61. The average Bonchev–Trinajstić information content (AvgIpc) is 0.770. The van der Waals surface area contributed by atoms with Crippen LogP contribution >= 0.6 is 0 Å². The number of amides is 5. The molecular weight excluding hydrogens is 1850 g/mol. The lowest BCUT2D eigenvalue weighted by atomic mass is 9.94. The molecule has 34 N–H and O–H groups in total. The smallest absolute Gasteiger partial charge is 0.217 e. The van der Waals surface area contributed by atoms with Crippen molar-refractivity contribution >= 4 is 29.5 Å². The number of aliphatic hydroxyl groups excluding tert-OH is 29. The maximum absolute atomic E-state index is 13.3. The van der Waals surface area contributed by atoms with Gasteiger partial charge in [-0.2, -0.15) is 0 Å². The van der Waals surface area contributed by atoms with Crippen LogP contribution in [0.15, 0.2) is 0 Å². The molecule has 5 amide bonds. The molecule has 135 heavy (non-hydrogen) atoms. The summed E-state index contributed by atoms with van der Waals surface area (Å²) < 4.78 is 118. The number of carbonyl (C=O) groups excluding carboxylic acids is 5. The molecule has 10 rings (SSSR count). The van der Waals surface area contributed by atoms with E-state index in [1.54, 1.807) is 0 Å². The van der Waals surface area contributed by atoms with E-state index in [0.717, 1.165) is 34.6 Å². The quantitative estimate of drug-likeness (QED) is 0.0273. The van der Waals surface area contributed by atoms with Gasteiger partial charge in [-0.3, -0.25) is 24.0 Å². The third kappa shape index (κ3) is 25.8. The lowest BCUT2D eigenvalue weighted by Crippen LogP contribution is -2.70. The predicted octanol–water partition coefficient (Wildman–Crippen LogP) is -22.6. The molecule has 0 radical (unpaired) electrons. The number of ether oxygens (including phenoxy) is 20. The average molecular weight is 1980 g/mol. The molecule has 10 fully saturated rings. The van der Waals surface area contributed by atoms with Crippen molar-refractivity contribution in [2.75, 3.05) is 66.1 Å². The van der Waals surface area contributed by atoms with E-state index in [4.69, 9.17) is 94.7 Å². The Morgan fingerprint density at radius 3 is 0.963 bits per heavy atom. The molecule has 0 saturated carbocycles. The van der Waals surface area contributed by atoms with Gasteiger partial charge in [-0.25, -0.2) is 0 Å². The maximum atomic E-state index is 13.3. The van der Waals surface area contributed by atoms with E-state index in [2.05, 4.69) is 26.6 Å². The number of nitrogens with one attached hydrogen (secondary N) is 5. The molecule has 10 heterocycles. The van der Waals surface area contributed by atoms with E-state index in [1.165, 1.54) is 13.8 Å². The standard InChI is InChI=1S/C76H129N5O54/c1-18-39(96)50(107)55(112)71(118-18)134-65-52(109)43(100)28(10-84)121-75(65)131-61-30(12-86)123-67(36(47(61)104)79-22(5)92)116-16-26(95)41(98)59(25(8-82)77-20(3)90)128-74-58(115)64(133-70-38(81-24(7)94)49(106)60(32(14-88)125-70)130-73-57(114)54(111)63(33(15-89)126-73)129-69-35(78-21(4)91)46(103)42(99)27(9-83)120-69)45(102)34(127-74)17-117-68-37(80-23(6)93)48(105)62(31(13-87)124-68)132-76-66(53(110)44(101)29(11-85)122-76)135-72-56(113)51(108)40(97)19(2)119-72/h18-19,25-76,82-89,95-115H,8-17H2,1-7H3,(H,77,90)(H,78,91)(H,79,92)(H,80,93)(H,81,94)/t18-,19-,25-,26+,27+,28+,29+,30+,31+,32+,33+,34+,35+,36+,37+,38+,39+,40+,41-,42+,43-,44-,45-,46+,47+,48+,49+,50+,51+,52-,53-,54+,55-,56-,57+,58+,59+,60+,61+,62+,63-,64-,65+,66+,67+,68+,69+,70-,71-,72-,73-,74-,75-,76-/m0/s1. The van der Waals surface area contributed by atoms with Crippen LogP contribution in [0.2, 0.25) is 0 Å². The van der Waals surface area contributed by atoms with Crippen LogP contribution in [0.5, 0.6) is 0 Å². The molecule has 0 aromatic heterocycles. The second kappa shape index (κ2) is 49.6. The maximum Gasteiger partial charge on any atom is 0.217 e. The van der Waals surface area contributed by atoms with Crippen molar-refractivity contribution in [2.45, 2.75) is 380 Å². The molecule has 782 valence electrons. The summed E-state index contributed by atoms with van der Waals surface area (Å²) in [6.07, 6.45) is -101. The summed E-state index contributed by atoms with van der Waals surface area (Å²) in [5.74, 6) is -4.81. The second-order valence-corrected chi connectivity index (χ2v) is 34.3. The summed E-state index contributed by atoms with van der Waals surface area (Å²) in [6.45, 7) is -4.38. The highest BCUT2D eigenvalue weighted by Crippen LogP contribution is 2.41. The second-order valence-electron chi connectivity index (χ2n) is 34.3. The van der Waals surface area contributed by atoms with E-state index in [9.17, 15) is 172 Å². The molecular formula is C76H129N5O54. The number of carbonyl (C=O) groups is 5. The van der Waals surface area contributed by atoms with Gasteiger partial charge in [-0.15, -0.1) is 0 Å². The zero-order valence-corrected chi connectivity index (χ0v) is 73.4. The van der Waals surface area contributed by atoms with Crippen LogP contribution < -0.4 is 26.6 Å². The zero-order chi connectivity index (χ0) is 99.8. The van der Waals surface area contributed by atoms with Crippen LogP contribution in [0.3, 0.4) is 0 Å². The fourth-order valence-electron chi connectivity index (χ4n) is 17.2. The van der Waals surface area contributed by atoms with E-state index in [-0.39, 0.29) is 0 Å². The Morgan fingerprint density at radius 1 is 0.274 bits per heavy atom. The number of hydrogen-bond acceptors (Lipinski definition) is 54. The summed E-state index contributed by atoms with van der Waals surface area (Å²) >= 11 is 0. The fraction of sp³-hybridized carbons (Fsp3) is 0.934. The van der Waals surface area contributed by atoms with Gasteiger partial charge in [-0.1, -0.05) is 0 Å². The van der Waals surface area contributed by atoms with E-state index in [1.807, 2.05) is 0 Å². The van der Waals surface area contributed by atoms with Gasteiger partial charge in [0, 0.05) is 34.6 Å². The lowest BCUT2D eigenvalue weighted by molar-refractivity contribution is -0.386. The van der Waals surface area contributed by atoms with Gasteiger partial charge in [0.1, 0.15) is 250 Å². The molecule has 0 aromatic rings. The Morgan fingerprint density at radius 2 is 0.570 bits per heavy atom. The highest BCUT2D eigenvalue weighted by Gasteiger charge is 2.62. The van der Waals surface area contributed by atoms with Gasteiger partial charge < -0.3 is 269 Å². The van der Waals surface area contributed by atoms with E-state index >= 15 is 0 Å². The minimum absolute atomic E-state index is 0.805. The van der Waals surface area contributed by atoms with Crippen molar-refractivity contribution in [3.63, 3.8) is 0 Å². The SMILES string of the molecule is CC(=O)N[C@H]1[C@H](O[C@H]2[C@@H](O)[C@@H](CO[C@@H]3O[C@H](CO)[C@@H](O[C@@H]4O[C@H](CO)[C@H](O)[C@H](O)[C@H]4O[C@@H]4O[C@@H](C)[C@@H](O)[C@@H](O)[C@@H]4O)[C@H](O)[C@H]3NC(C)=O)O[C@@H](O[C@@H]([C@@H](O)[C@H](O)CO[C@@H]3O[C@H](CO)[C@@H](O[C@@H]4O[C@H](CO)[C@H](O)[C@H](O)[C@H]4O[C@@H]4O[C@@H](C)[C@@H](O)[C@@H](O)[C@@H]4O)[C@H](O)[C@H]3NC(C)=O)[C@H](CO)NC(C)=O)[C@@H]2O)O[C@H](CO)[C@@H](O[C@@H]2O[C@H](CO)[C@H](O[C@H]3O[C@H](CO)[C@@H](O)[C@H](O)[C@H]3NC(C)=O)[C@H](O)[C@H]2O)[C@@H]1O. The number of rotatable bonds is 38. The summed E-state index contributed by atoms with van der Waals surface area (Å²) in [5, 5.41) is 337. The van der Waals surface area contributed by atoms with Gasteiger partial charge in [0.2, 0.25) is 29.5 Å². The predicted molar refractivity (Wildman–Crippen MR) is 420 cm³/mol. The molecule has 59 heteroatoms. The van der Waals surface area contributed by atoms with Gasteiger partial charge in [0.25, 0.3) is 0 Å². The van der Waals surface area contributed by atoms with Crippen molar-refractivity contribution in [1.29, 1.82) is 0 Å². The minimum atomic E-state index is -2.66. The normalized spacial score (nSPS) is 47.0. The van der Waals surface area contributed by atoms with Crippen LogP contribution in [-0.2, 0) is 119 Å². The molecule has 0 bridgehead atoms. The van der Waals surface area contributed by atoms with Gasteiger partial charge in [-0.05, 0) is 13.8 Å². The molecule has 10 saturated heterocycles. The van der Waals surface area contributed by atoms with E-state index < -0.39 is 427 Å². The van der Waals surface area contributed by atoms with Crippen molar-refractivity contribution in [1.82, 2.24) is 26.6 Å². The zero-order valence-electron chi connectivity index (χ0n) is 73.4. The molecule has 54 atom stereocenters. The third-order valence-electron chi connectivity index (χ3n) is 24.5. The molecule has 0 aliphatic carbocycles. The molecule has 10 aliphatic heterocycles. The Bertz CT molecular complexity index is 3690. The van der Waals surface area contributed by atoms with Crippen molar-refractivity contribution < 1.29 is 267 Å². The summed E-state index contributed by atoms with van der Waals surface area (Å²) in [4.78, 5) is 64.8. The number of hydrogen-bond donors (Lipinski definition) is 34. The molecule has 59 nitrogen and oxygen atoms in total. The highest BCUT2D eigenvalue weighted by atomic mass is 16.8.